The van der Waals surface area contributed by atoms with Crippen molar-refractivity contribution < 1.29 is 26.4 Å². The van der Waals surface area contributed by atoms with Crippen molar-refractivity contribution in [1.82, 2.24) is 4.98 Å². The molecule has 0 N–H and O–H groups in total. The Kier molecular flexibility index (Phi) is 7.18. The summed E-state index contributed by atoms with van der Waals surface area (Å²) in [5.41, 5.74) is 1.59. The van der Waals surface area contributed by atoms with E-state index in [-0.39, 0.29) is 47.0 Å². The normalized spacial score (nSPS) is 23.1. The lowest BCUT2D eigenvalue weighted by Crippen LogP contribution is -2.40. The van der Waals surface area contributed by atoms with Gasteiger partial charge in [0.15, 0.2) is 9.84 Å². The molecule has 2 saturated carbocycles. The van der Waals surface area contributed by atoms with E-state index in [1.165, 1.54) is 6.07 Å². The molecule has 2 heterocycles. The molecule has 1 aromatic heterocycles. The van der Waals surface area contributed by atoms with Crippen LogP contribution < -0.4 is 4.90 Å². The van der Waals surface area contributed by atoms with Crippen LogP contribution in [0.2, 0.25) is 0 Å². The first-order valence-electron chi connectivity index (χ1n) is 14.1. The molecule has 10 heteroatoms. The third-order valence-corrected chi connectivity index (χ3v) is 10.4. The number of Topliss-reactive ketones (excluding diaryl/α,β-unsaturated/α-hetero) is 1. The molecule has 2 aliphatic carbocycles. The summed E-state index contributed by atoms with van der Waals surface area (Å²) in [4.78, 5) is 20.2. The predicted octanol–water partition coefficient (Wildman–Crippen LogP) is 6.06. The smallest absolute Gasteiger partial charge is 0.229 e. The fraction of sp³-hybridized carbons (Fsp3) is 0.452. The van der Waals surface area contributed by atoms with Crippen molar-refractivity contribution in [2.24, 2.45) is 11.3 Å². The standard InChI is InChI=1S/C31H31F2N3O4S/c32-21-7-10-25(26(33)17-21)30-35-28(20-5-8-22(9-6-20)36-13-15-41(38,39)16-14-36)29(40-30)24-4-2-1-3-23(24)27(37)18-31(19-34)11-12-31/h5-10,17,23-24H,1-4,11-16,18H2/t23-,24-/m1/s1. The largest absolute Gasteiger partial charge is 0.440 e. The summed E-state index contributed by atoms with van der Waals surface area (Å²) < 4.78 is 58.4. The lowest BCUT2D eigenvalue weighted by atomic mass is 9.73. The maximum Gasteiger partial charge on any atom is 0.229 e. The zero-order valence-electron chi connectivity index (χ0n) is 22.6. The van der Waals surface area contributed by atoms with Crippen LogP contribution in [0.3, 0.4) is 0 Å². The molecule has 3 aliphatic rings. The van der Waals surface area contributed by atoms with E-state index < -0.39 is 26.9 Å². The zero-order valence-corrected chi connectivity index (χ0v) is 23.4. The number of oxazole rings is 1. The van der Waals surface area contributed by atoms with Gasteiger partial charge < -0.3 is 9.32 Å². The van der Waals surface area contributed by atoms with Crippen LogP contribution in [0.15, 0.2) is 46.9 Å². The maximum absolute atomic E-state index is 14.8. The van der Waals surface area contributed by atoms with E-state index in [0.717, 1.165) is 49.1 Å². The molecule has 3 aromatic rings. The second kappa shape index (κ2) is 10.7. The molecular formula is C31H31F2N3O4S. The molecule has 6 rings (SSSR count). The van der Waals surface area contributed by atoms with E-state index in [4.69, 9.17) is 4.42 Å². The number of rotatable bonds is 7. The third-order valence-electron chi connectivity index (χ3n) is 8.78. The lowest BCUT2D eigenvalue weighted by Gasteiger charge is -2.30. The van der Waals surface area contributed by atoms with Crippen molar-refractivity contribution in [2.45, 2.75) is 50.9 Å². The minimum atomic E-state index is -3.01. The Morgan fingerprint density at radius 1 is 1.07 bits per heavy atom. The van der Waals surface area contributed by atoms with Crippen LogP contribution in [0.25, 0.3) is 22.7 Å². The molecule has 0 spiro atoms. The second-order valence-corrected chi connectivity index (χ2v) is 13.9. The molecule has 0 radical (unpaired) electrons. The van der Waals surface area contributed by atoms with Gasteiger partial charge in [-0.1, -0.05) is 25.0 Å². The number of carbonyl (C=O) groups excluding carboxylic acids is 1. The number of halogens is 2. The quantitative estimate of drug-likeness (QED) is 0.335. The van der Waals surface area contributed by atoms with Crippen LogP contribution in [-0.4, -0.2) is 43.8 Å². The van der Waals surface area contributed by atoms with Crippen LogP contribution in [0.1, 0.15) is 56.6 Å². The molecule has 1 aliphatic heterocycles. The Labute approximate surface area is 238 Å². The van der Waals surface area contributed by atoms with Crippen molar-refractivity contribution >= 4 is 21.3 Å². The van der Waals surface area contributed by atoms with Gasteiger partial charge >= 0.3 is 0 Å². The van der Waals surface area contributed by atoms with E-state index in [0.29, 0.717) is 37.4 Å². The summed E-state index contributed by atoms with van der Waals surface area (Å²) in [5, 5.41) is 9.57. The van der Waals surface area contributed by atoms with E-state index >= 15 is 0 Å². The van der Waals surface area contributed by atoms with Gasteiger partial charge in [0, 0.05) is 48.7 Å². The molecule has 2 aromatic carbocycles. The van der Waals surface area contributed by atoms with E-state index in [1.807, 2.05) is 29.2 Å². The molecule has 2 atom stereocenters. The van der Waals surface area contributed by atoms with E-state index in [9.17, 15) is 27.3 Å². The average molecular weight is 580 g/mol. The molecule has 1 saturated heterocycles. The van der Waals surface area contributed by atoms with E-state index in [1.54, 1.807) is 0 Å². The molecule has 7 nitrogen and oxygen atoms in total. The van der Waals surface area contributed by atoms with Gasteiger partial charge in [0.1, 0.15) is 28.9 Å². The van der Waals surface area contributed by atoms with Crippen molar-refractivity contribution in [3.63, 3.8) is 0 Å². The summed E-state index contributed by atoms with van der Waals surface area (Å²) in [7, 11) is -3.01. The van der Waals surface area contributed by atoms with Crippen LogP contribution >= 0.6 is 0 Å². The highest BCUT2D eigenvalue weighted by Gasteiger charge is 2.47. The van der Waals surface area contributed by atoms with Crippen LogP contribution in [-0.2, 0) is 14.6 Å². The second-order valence-electron chi connectivity index (χ2n) is 11.6. The first kappa shape index (κ1) is 27.6. The summed E-state index contributed by atoms with van der Waals surface area (Å²) in [6.07, 6.45) is 4.89. The molecular weight excluding hydrogens is 548 g/mol. The number of hydrogen-bond acceptors (Lipinski definition) is 7. The predicted molar refractivity (Wildman–Crippen MR) is 150 cm³/mol. The van der Waals surface area contributed by atoms with Gasteiger partial charge in [-0.15, -0.1) is 0 Å². The minimum Gasteiger partial charge on any atom is -0.440 e. The monoisotopic (exact) mass is 579 g/mol. The van der Waals surface area contributed by atoms with Gasteiger partial charge in [0.25, 0.3) is 0 Å². The lowest BCUT2D eigenvalue weighted by molar-refractivity contribution is -0.125. The number of aromatic nitrogens is 1. The number of sulfone groups is 1. The van der Waals surface area contributed by atoms with Crippen LogP contribution in [0.5, 0.6) is 0 Å². The van der Waals surface area contributed by atoms with Crippen molar-refractivity contribution in [2.75, 3.05) is 29.5 Å². The number of nitriles is 1. The number of carbonyl (C=O) groups is 1. The molecule has 0 bridgehead atoms. The van der Waals surface area contributed by atoms with Gasteiger partial charge in [-0.25, -0.2) is 22.2 Å². The highest BCUT2D eigenvalue weighted by Crippen LogP contribution is 2.51. The zero-order chi connectivity index (χ0) is 28.8. The first-order valence-corrected chi connectivity index (χ1v) is 16.0. The molecule has 41 heavy (non-hydrogen) atoms. The molecule has 0 amide bonds. The van der Waals surface area contributed by atoms with Crippen molar-refractivity contribution in [3.05, 3.63) is 59.9 Å². The SMILES string of the molecule is N#CC1(CC(=O)[C@@H]2CCCC[C@H]2c2oc(-c3ccc(F)cc3F)nc2-c2ccc(N3CCS(=O)(=O)CC3)cc2)CC1. The Bertz CT molecular complexity index is 1610. The van der Waals surface area contributed by atoms with Crippen LogP contribution in [0, 0.1) is 34.3 Å². The molecule has 214 valence electrons. The van der Waals surface area contributed by atoms with Gasteiger partial charge in [0.05, 0.1) is 28.6 Å². The van der Waals surface area contributed by atoms with E-state index in [2.05, 4.69) is 11.1 Å². The van der Waals surface area contributed by atoms with Gasteiger partial charge in [-0.2, -0.15) is 5.26 Å². The first-order chi connectivity index (χ1) is 19.7. The highest BCUT2D eigenvalue weighted by atomic mass is 32.2. The number of anilines is 1. The highest BCUT2D eigenvalue weighted by molar-refractivity contribution is 7.91. The number of hydrogen-bond donors (Lipinski definition) is 0. The third kappa shape index (κ3) is 5.65. The average Bonchev–Trinajstić information content (AvgIpc) is 3.60. The molecule has 0 unspecified atom stereocenters. The Morgan fingerprint density at radius 2 is 1.78 bits per heavy atom. The minimum absolute atomic E-state index is 0.0188. The van der Waals surface area contributed by atoms with Crippen molar-refractivity contribution in [3.8, 4) is 28.8 Å². The topological polar surface area (TPSA) is 104 Å². The van der Waals surface area contributed by atoms with Crippen molar-refractivity contribution in [1.29, 1.82) is 5.26 Å². The fourth-order valence-corrected chi connectivity index (χ4v) is 7.34. The summed E-state index contributed by atoms with van der Waals surface area (Å²) in [6, 6.07) is 13.1. The fourth-order valence-electron chi connectivity index (χ4n) is 6.14. The Morgan fingerprint density at radius 3 is 2.44 bits per heavy atom. The summed E-state index contributed by atoms with van der Waals surface area (Å²) in [6.45, 7) is 0.835. The number of nitrogens with zero attached hydrogens (tertiary/aromatic N) is 3. The Hall–Kier alpha value is -3.58. The molecule has 3 fully saturated rings. The van der Waals surface area contributed by atoms with Gasteiger partial charge in [-0.3, -0.25) is 4.79 Å². The van der Waals surface area contributed by atoms with Gasteiger partial charge in [-0.05, 0) is 49.9 Å². The Balaban J connectivity index is 1.37. The van der Waals surface area contributed by atoms with Crippen LogP contribution in [0.4, 0.5) is 14.5 Å². The maximum atomic E-state index is 14.8. The number of benzene rings is 2. The number of ketones is 1. The van der Waals surface area contributed by atoms with Gasteiger partial charge in [0.2, 0.25) is 5.89 Å². The summed E-state index contributed by atoms with van der Waals surface area (Å²) >= 11 is 0. The summed E-state index contributed by atoms with van der Waals surface area (Å²) in [5.74, 6) is -1.31.